The molecule has 6 nitrogen and oxygen atoms in total. The predicted molar refractivity (Wildman–Crippen MR) is 93.6 cm³/mol. The first-order valence-corrected chi connectivity index (χ1v) is 8.86. The molecule has 1 aromatic rings. The minimum Gasteiger partial charge on any atom is -0.496 e. The number of piperidine rings is 1. The van der Waals surface area contributed by atoms with Gasteiger partial charge in [0.2, 0.25) is 11.8 Å². The number of likely N-dealkylation sites (N-methyl/N-ethyl adjacent to an activating group) is 1. The number of hydrogen-bond acceptors (Lipinski definition) is 4. The van der Waals surface area contributed by atoms with Crippen molar-refractivity contribution in [3.05, 3.63) is 28.2 Å². The smallest absolute Gasteiger partial charge is 0.239 e. The molecule has 0 unspecified atom stereocenters. The summed E-state index contributed by atoms with van der Waals surface area (Å²) in [6.45, 7) is 2.45. The quantitative estimate of drug-likeness (QED) is 0.835. The molecule has 2 aliphatic rings. The Balaban J connectivity index is 1.70. The van der Waals surface area contributed by atoms with Crippen molar-refractivity contribution in [2.45, 2.75) is 19.0 Å². The maximum atomic E-state index is 12.5. The zero-order chi connectivity index (χ0) is 17.3. The van der Waals surface area contributed by atoms with Gasteiger partial charge in [0.25, 0.3) is 0 Å². The Morgan fingerprint density at radius 2 is 2.17 bits per heavy atom. The number of halogens is 1. The molecule has 2 heterocycles. The summed E-state index contributed by atoms with van der Waals surface area (Å²) in [4.78, 5) is 28.2. The third kappa shape index (κ3) is 3.57. The number of ether oxygens (including phenoxy) is 1. The molecule has 1 aromatic carbocycles. The highest BCUT2D eigenvalue weighted by Crippen LogP contribution is 2.27. The highest BCUT2D eigenvalue weighted by molar-refractivity contribution is 9.10. The fourth-order valence-electron chi connectivity index (χ4n) is 3.48. The molecule has 0 radical (unpaired) electrons. The third-order valence-corrected chi connectivity index (χ3v) is 5.36. The number of methoxy groups -OCH3 is 1. The summed E-state index contributed by atoms with van der Waals surface area (Å²) >= 11 is 3.51. The average molecular weight is 396 g/mol. The molecule has 24 heavy (non-hydrogen) atoms. The van der Waals surface area contributed by atoms with Crippen molar-refractivity contribution in [3.63, 3.8) is 0 Å². The average Bonchev–Trinajstić information content (AvgIpc) is 2.65. The highest BCUT2D eigenvalue weighted by atomic mass is 79.9. The van der Waals surface area contributed by atoms with Crippen LogP contribution in [0.1, 0.15) is 12.0 Å². The number of rotatable bonds is 3. The van der Waals surface area contributed by atoms with E-state index in [1.807, 2.05) is 18.2 Å². The van der Waals surface area contributed by atoms with Gasteiger partial charge in [-0.3, -0.25) is 14.5 Å². The summed E-state index contributed by atoms with van der Waals surface area (Å²) in [5.74, 6) is 0.627. The summed E-state index contributed by atoms with van der Waals surface area (Å²) < 4.78 is 6.19. The zero-order valence-corrected chi connectivity index (χ0v) is 15.5. The minimum absolute atomic E-state index is 0.0474. The van der Waals surface area contributed by atoms with Crippen LogP contribution in [-0.2, 0) is 16.1 Å². The predicted octanol–water partition coefficient (Wildman–Crippen LogP) is 1.24. The maximum absolute atomic E-state index is 12.5. The Hall–Kier alpha value is -1.60. The molecule has 2 saturated heterocycles. The molecule has 2 amide bonds. The van der Waals surface area contributed by atoms with Crippen molar-refractivity contribution in [2.75, 3.05) is 33.8 Å². The van der Waals surface area contributed by atoms with E-state index in [1.54, 1.807) is 14.2 Å². The molecule has 7 heteroatoms. The summed E-state index contributed by atoms with van der Waals surface area (Å²) in [7, 11) is 3.34. The molecule has 0 spiro atoms. The van der Waals surface area contributed by atoms with Crippen molar-refractivity contribution in [1.29, 1.82) is 0 Å². The Kier molecular flexibility index (Phi) is 5.10. The zero-order valence-electron chi connectivity index (χ0n) is 13.9. The number of likely N-dealkylation sites (tertiary alicyclic amines) is 1. The molecule has 130 valence electrons. The van der Waals surface area contributed by atoms with Crippen molar-refractivity contribution >= 4 is 27.7 Å². The van der Waals surface area contributed by atoms with Crippen LogP contribution in [0.15, 0.2) is 22.7 Å². The molecule has 2 fully saturated rings. The third-order valence-electron chi connectivity index (χ3n) is 4.74. The number of fused-ring (bicyclic) bond motifs is 1. The fourth-order valence-corrected chi connectivity index (χ4v) is 4.07. The summed E-state index contributed by atoms with van der Waals surface area (Å²) in [5, 5.41) is 3.00. The van der Waals surface area contributed by atoms with Gasteiger partial charge in [-0.2, -0.15) is 0 Å². The number of nitrogens with one attached hydrogen (secondary N) is 1. The molecular weight excluding hydrogens is 374 g/mol. The number of hydrogen-bond donors (Lipinski definition) is 1. The van der Waals surface area contributed by atoms with Crippen LogP contribution in [0, 0.1) is 5.92 Å². The van der Waals surface area contributed by atoms with Crippen LogP contribution in [0.2, 0.25) is 0 Å². The van der Waals surface area contributed by atoms with Crippen molar-refractivity contribution in [1.82, 2.24) is 15.1 Å². The van der Waals surface area contributed by atoms with Gasteiger partial charge in [0, 0.05) is 32.7 Å². The van der Waals surface area contributed by atoms with E-state index in [0.717, 1.165) is 29.7 Å². The van der Waals surface area contributed by atoms with E-state index in [0.29, 0.717) is 6.54 Å². The molecule has 2 aliphatic heterocycles. The van der Waals surface area contributed by atoms with Crippen molar-refractivity contribution in [2.24, 2.45) is 5.92 Å². The van der Waals surface area contributed by atoms with E-state index < -0.39 is 0 Å². The summed E-state index contributed by atoms with van der Waals surface area (Å²) in [5.41, 5.74) is 1.17. The molecule has 0 aromatic heterocycles. The van der Waals surface area contributed by atoms with E-state index in [4.69, 9.17) is 4.74 Å². The molecule has 0 bridgehead atoms. The normalized spacial score (nSPS) is 25.0. The standard InChI is InChI=1S/C17H22BrN3O3/c1-20-10-16(22)19-14-5-6-21(9-12(14)17(20)23)8-11-3-4-15(24-2)13(18)7-11/h3-4,7,12,14H,5-6,8-10H2,1-2H3,(H,19,22)/t12-,14+/m0/s1. The van der Waals surface area contributed by atoms with E-state index in [2.05, 4.69) is 26.1 Å². The first kappa shape index (κ1) is 17.2. The molecule has 2 atom stereocenters. The molecule has 3 rings (SSSR count). The van der Waals surface area contributed by atoms with E-state index in [9.17, 15) is 9.59 Å². The Bertz CT molecular complexity index is 652. The lowest BCUT2D eigenvalue weighted by molar-refractivity contribution is -0.136. The van der Waals surface area contributed by atoms with E-state index in [1.165, 1.54) is 10.5 Å². The van der Waals surface area contributed by atoms with Gasteiger partial charge in [0.15, 0.2) is 0 Å². The fraction of sp³-hybridized carbons (Fsp3) is 0.529. The number of amides is 2. The van der Waals surface area contributed by atoms with Crippen LogP contribution >= 0.6 is 15.9 Å². The van der Waals surface area contributed by atoms with Crippen LogP contribution in [0.3, 0.4) is 0 Å². The Morgan fingerprint density at radius 1 is 1.38 bits per heavy atom. The van der Waals surface area contributed by atoms with Crippen LogP contribution in [0.5, 0.6) is 5.75 Å². The van der Waals surface area contributed by atoms with E-state index >= 15 is 0 Å². The second-order valence-corrected chi connectivity index (χ2v) is 7.32. The van der Waals surface area contributed by atoms with Gasteiger partial charge >= 0.3 is 0 Å². The topological polar surface area (TPSA) is 61.9 Å². The lowest BCUT2D eigenvalue weighted by Crippen LogP contribution is -2.52. The van der Waals surface area contributed by atoms with Gasteiger partial charge in [-0.05, 0) is 40.0 Å². The number of carbonyl (C=O) groups excluding carboxylic acids is 2. The summed E-state index contributed by atoms with van der Waals surface area (Å²) in [6, 6.07) is 5.98. The van der Waals surface area contributed by atoms with Crippen molar-refractivity contribution < 1.29 is 14.3 Å². The molecule has 0 saturated carbocycles. The second kappa shape index (κ2) is 7.11. The first-order chi connectivity index (χ1) is 11.5. The van der Waals surface area contributed by atoms with Crippen LogP contribution < -0.4 is 10.1 Å². The molecule has 1 N–H and O–H groups in total. The van der Waals surface area contributed by atoms with Gasteiger partial charge in [0.05, 0.1) is 24.0 Å². The monoisotopic (exact) mass is 395 g/mol. The Morgan fingerprint density at radius 3 is 2.88 bits per heavy atom. The number of nitrogens with zero attached hydrogens (tertiary/aromatic N) is 2. The number of benzene rings is 1. The molecular formula is C17H22BrN3O3. The Labute approximate surface area is 150 Å². The largest absolute Gasteiger partial charge is 0.496 e. The lowest BCUT2D eigenvalue weighted by atomic mass is 9.91. The first-order valence-electron chi connectivity index (χ1n) is 8.07. The van der Waals surface area contributed by atoms with Gasteiger partial charge in [-0.1, -0.05) is 6.07 Å². The SMILES string of the molecule is COc1ccc(CN2CC[C@H]3NC(=O)CN(C)C(=O)[C@H]3C2)cc1Br. The second-order valence-electron chi connectivity index (χ2n) is 6.47. The van der Waals surface area contributed by atoms with Gasteiger partial charge in [-0.15, -0.1) is 0 Å². The van der Waals surface area contributed by atoms with Crippen LogP contribution in [-0.4, -0.2) is 61.4 Å². The van der Waals surface area contributed by atoms with E-state index in [-0.39, 0.29) is 30.3 Å². The van der Waals surface area contributed by atoms with Crippen molar-refractivity contribution in [3.8, 4) is 5.75 Å². The number of carbonyl (C=O) groups is 2. The van der Waals surface area contributed by atoms with Gasteiger partial charge in [-0.25, -0.2) is 0 Å². The maximum Gasteiger partial charge on any atom is 0.239 e. The lowest BCUT2D eigenvalue weighted by Gasteiger charge is -2.37. The van der Waals surface area contributed by atoms with Gasteiger partial charge in [0.1, 0.15) is 5.75 Å². The molecule has 0 aliphatic carbocycles. The van der Waals surface area contributed by atoms with Gasteiger partial charge < -0.3 is 15.0 Å². The van der Waals surface area contributed by atoms with Crippen LogP contribution in [0.4, 0.5) is 0 Å². The summed E-state index contributed by atoms with van der Waals surface area (Å²) in [6.07, 6.45) is 0.799. The van der Waals surface area contributed by atoms with Crippen LogP contribution in [0.25, 0.3) is 0 Å². The minimum atomic E-state index is -0.170. The highest BCUT2D eigenvalue weighted by Gasteiger charge is 2.39.